The molecule has 1 aliphatic heterocycles. The second-order valence-corrected chi connectivity index (χ2v) is 10.6. The van der Waals surface area contributed by atoms with Crippen LogP contribution in [0.4, 0.5) is 0 Å². The van der Waals surface area contributed by atoms with Gasteiger partial charge in [0.25, 0.3) is 0 Å². The molecule has 4 atom stereocenters. The van der Waals surface area contributed by atoms with Crippen molar-refractivity contribution >= 4 is 29.7 Å². The van der Waals surface area contributed by atoms with E-state index in [1.807, 2.05) is 30.3 Å². The Kier molecular flexibility index (Phi) is 8.91. The van der Waals surface area contributed by atoms with E-state index in [9.17, 15) is 24.6 Å². The number of halogens is 1. The first kappa shape index (κ1) is 29.3. The molecule has 0 aromatic heterocycles. The Hall–Kier alpha value is -4.18. The normalized spacial score (nSPS) is 20.4. The molecule has 0 radical (unpaired) electrons. The predicted molar refractivity (Wildman–Crippen MR) is 156 cm³/mol. The number of aliphatic hydroxyl groups is 2. The van der Waals surface area contributed by atoms with Crippen LogP contribution in [0.2, 0.25) is 5.02 Å². The number of methoxy groups -OCH3 is 1. The monoisotopic (exact) mass is 590 g/mol. The predicted octanol–water partition coefficient (Wildman–Crippen LogP) is 3.06. The molecule has 2 amide bonds. The minimum atomic E-state index is -1.24. The summed E-state index contributed by atoms with van der Waals surface area (Å²) in [5.41, 5.74) is 2.67. The van der Waals surface area contributed by atoms with Gasteiger partial charge in [0.1, 0.15) is 18.5 Å². The zero-order chi connectivity index (χ0) is 29.8. The molecule has 0 saturated heterocycles. The molecule has 1 aliphatic carbocycles. The van der Waals surface area contributed by atoms with Crippen molar-refractivity contribution < 1.29 is 34.1 Å². The van der Waals surface area contributed by atoms with Gasteiger partial charge in [0, 0.05) is 34.8 Å². The molecule has 10 heteroatoms. The number of hydrogen-bond donors (Lipinski definition) is 3. The summed E-state index contributed by atoms with van der Waals surface area (Å²) in [4.78, 5) is 40.6. The van der Waals surface area contributed by atoms with Crippen molar-refractivity contribution in [2.45, 2.75) is 37.1 Å². The molecule has 2 aliphatic rings. The van der Waals surface area contributed by atoms with Gasteiger partial charge in [-0.3, -0.25) is 14.4 Å². The second-order valence-electron chi connectivity index (χ2n) is 10.2. The van der Waals surface area contributed by atoms with Crippen LogP contribution in [0.5, 0.6) is 11.5 Å². The lowest BCUT2D eigenvalue weighted by atomic mass is 9.77. The van der Waals surface area contributed by atoms with Gasteiger partial charge < -0.3 is 29.9 Å². The number of nitrogens with one attached hydrogen (secondary N) is 1. The Labute approximate surface area is 248 Å². The van der Waals surface area contributed by atoms with Gasteiger partial charge in [0.15, 0.2) is 11.5 Å². The van der Waals surface area contributed by atoms with Crippen LogP contribution >= 0.6 is 11.6 Å². The fourth-order valence-corrected chi connectivity index (χ4v) is 5.70. The topological polar surface area (TPSA) is 125 Å². The molecule has 5 rings (SSSR count). The number of aliphatic hydroxyl groups excluding tert-OH is 2. The lowest BCUT2D eigenvalue weighted by Gasteiger charge is -2.41. The molecular formula is C32H31ClN2O7. The molecule has 3 aromatic carbocycles. The molecule has 42 heavy (non-hydrogen) atoms. The van der Waals surface area contributed by atoms with Crippen LogP contribution in [0.3, 0.4) is 0 Å². The summed E-state index contributed by atoms with van der Waals surface area (Å²) in [6.45, 7) is -0.128. The number of rotatable bonds is 10. The first-order chi connectivity index (χ1) is 20.3. The minimum Gasteiger partial charge on any atom is -0.493 e. The number of nitrogens with zero attached hydrogens (tertiary/aromatic N) is 1. The third-order valence-corrected chi connectivity index (χ3v) is 7.81. The number of aldehydes is 1. The first-order valence-electron chi connectivity index (χ1n) is 13.5. The average molecular weight is 591 g/mol. The zero-order valence-corrected chi connectivity index (χ0v) is 23.7. The number of carbonyl (C=O) groups is 3. The molecule has 4 unspecified atom stereocenters. The molecule has 218 valence electrons. The van der Waals surface area contributed by atoms with Crippen molar-refractivity contribution in [3.05, 3.63) is 106 Å². The highest BCUT2D eigenvalue weighted by molar-refractivity contribution is 6.30. The number of fused-ring (bicyclic) bond motifs is 3. The average Bonchev–Trinajstić information content (AvgIpc) is 3.40. The van der Waals surface area contributed by atoms with Gasteiger partial charge in [-0.05, 0) is 41.5 Å². The Bertz CT molecular complexity index is 1490. The third kappa shape index (κ3) is 5.90. The molecular weight excluding hydrogens is 560 g/mol. The lowest BCUT2D eigenvalue weighted by molar-refractivity contribution is -0.137. The molecule has 1 heterocycles. The summed E-state index contributed by atoms with van der Waals surface area (Å²) >= 11 is 6.10. The number of hydrogen-bond acceptors (Lipinski definition) is 7. The Balaban J connectivity index is 1.59. The standard InChI is InChI=1S/C32H31ClN2O7/c1-41-26-14-21(18-37)13-23-28-24(32(40)34-11-12-36)16-25(29(39)31(28)42-30(23)26)35(17-20-7-9-22(33)10-8-20)27(38)15-19-5-3-2-4-6-19/h2-10,13-14,16,18,25,28-29,31,36,39H,11-12,15,17H2,1H3,(H,34,40). The maximum atomic E-state index is 13.9. The van der Waals surface area contributed by atoms with Crippen LogP contribution in [0, 0.1) is 0 Å². The van der Waals surface area contributed by atoms with Crippen molar-refractivity contribution in [3.63, 3.8) is 0 Å². The highest BCUT2D eigenvalue weighted by atomic mass is 35.5. The van der Waals surface area contributed by atoms with Gasteiger partial charge in [-0.2, -0.15) is 0 Å². The Morgan fingerprint density at radius 2 is 1.83 bits per heavy atom. The van der Waals surface area contributed by atoms with E-state index in [2.05, 4.69) is 5.32 Å². The van der Waals surface area contributed by atoms with Crippen molar-refractivity contribution in [3.8, 4) is 11.5 Å². The van der Waals surface area contributed by atoms with Crippen molar-refractivity contribution in [1.29, 1.82) is 0 Å². The van der Waals surface area contributed by atoms with E-state index in [0.717, 1.165) is 11.1 Å². The van der Waals surface area contributed by atoms with Crippen molar-refractivity contribution in [1.82, 2.24) is 10.2 Å². The van der Waals surface area contributed by atoms with Gasteiger partial charge >= 0.3 is 0 Å². The van der Waals surface area contributed by atoms with Crippen molar-refractivity contribution in [2.24, 2.45) is 0 Å². The van der Waals surface area contributed by atoms with Crippen LogP contribution < -0.4 is 14.8 Å². The smallest absolute Gasteiger partial charge is 0.247 e. The van der Waals surface area contributed by atoms with Gasteiger partial charge in [-0.15, -0.1) is 0 Å². The number of carbonyl (C=O) groups excluding carboxylic acids is 3. The number of amides is 2. The summed E-state index contributed by atoms with van der Waals surface area (Å²) in [7, 11) is 1.44. The Morgan fingerprint density at radius 1 is 1.10 bits per heavy atom. The summed E-state index contributed by atoms with van der Waals surface area (Å²) in [6, 6.07) is 18.5. The molecule has 9 nitrogen and oxygen atoms in total. The first-order valence-corrected chi connectivity index (χ1v) is 13.9. The van der Waals surface area contributed by atoms with E-state index in [4.69, 9.17) is 21.1 Å². The van der Waals surface area contributed by atoms with E-state index < -0.39 is 30.1 Å². The molecule has 0 spiro atoms. The maximum absolute atomic E-state index is 13.9. The highest BCUT2D eigenvalue weighted by Crippen LogP contribution is 2.51. The van der Waals surface area contributed by atoms with Crippen LogP contribution in [0.25, 0.3) is 0 Å². The van der Waals surface area contributed by atoms with Gasteiger partial charge in [0.2, 0.25) is 11.8 Å². The van der Waals surface area contributed by atoms with E-state index >= 15 is 0 Å². The Morgan fingerprint density at radius 3 is 2.50 bits per heavy atom. The molecule has 3 aromatic rings. The fraction of sp³-hybridized carbons (Fsp3) is 0.281. The maximum Gasteiger partial charge on any atom is 0.247 e. The zero-order valence-electron chi connectivity index (χ0n) is 22.9. The minimum absolute atomic E-state index is 0.00756. The molecule has 0 bridgehead atoms. The van der Waals surface area contributed by atoms with E-state index in [1.54, 1.807) is 36.4 Å². The fourth-order valence-electron chi connectivity index (χ4n) is 5.58. The molecule has 3 N–H and O–H groups in total. The van der Waals surface area contributed by atoms with E-state index in [0.29, 0.717) is 33.9 Å². The van der Waals surface area contributed by atoms with Crippen LogP contribution in [0.1, 0.15) is 33.0 Å². The highest BCUT2D eigenvalue weighted by Gasteiger charge is 2.51. The quantitative estimate of drug-likeness (QED) is 0.310. The SMILES string of the molecule is COc1cc(C=O)cc2c1OC1C2C(C(=O)NCCO)=CC(N(Cc2ccc(Cl)cc2)C(=O)Cc2ccccc2)C1O. The summed E-state index contributed by atoms with van der Waals surface area (Å²) < 4.78 is 11.7. The lowest BCUT2D eigenvalue weighted by Crippen LogP contribution is -2.55. The number of benzene rings is 3. The van der Waals surface area contributed by atoms with Crippen molar-refractivity contribution in [2.75, 3.05) is 20.3 Å². The summed E-state index contributed by atoms with van der Waals surface area (Å²) in [5, 5.41) is 24.4. The van der Waals surface area contributed by atoms with Gasteiger partial charge in [-0.25, -0.2) is 0 Å². The third-order valence-electron chi connectivity index (χ3n) is 7.56. The van der Waals surface area contributed by atoms with E-state index in [-0.39, 0.29) is 37.6 Å². The van der Waals surface area contributed by atoms with Crippen LogP contribution in [-0.2, 0) is 22.6 Å². The van der Waals surface area contributed by atoms with Gasteiger partial charge in [0.05, 0.1) is 32.1 Å². The van der Waals surface area contributed by atoms with Crippen LogP contribution in [0.15, 0.2) is 78.4 Å². The summed E-state index contributed by atoms with van der Waals surface area (Å²) in [6.07, 6.45) is 0.133. The van der Waals surface area contributed by atoms with E-state index in [1.165, 1.54) is 18.1 Å². The molecule has 0 saturated carbocycles. The largest absolute Gasteiger partial charge is 0.493 e. The number of ether oxygens (including phenoxy) is 2. The second kappa shape index (κ2) is 12.8. The summed E-state index contributed by atoms with van der Waals surface area (Å²) in [5.74, 6) is -0.883. The molecule has 0 fully saturated rings. The van der Waals surface area contributed by atoms with Gasteiger partial charge in [-0.1, -0.05) is 54.1 Å². The van der Waals surface area contributed by atoms with Crippen LogP contribution in [-0.4, -0.2) is 71.7 Å².